The molecule has 1 aromatic rings. The normalized spacial score (nSPS) is 30.1. The van der Waals surface area contributed by atoms with E-state index < -0.39 is 5.54 Å². The van der Waals surface area contributed by atoms with E-state index in [9.17, 15) is 9.59 Å². The molecule has 8 nitrogen and oxygen atoms in total. The van der Waals surface area contributed by atoms with Crippen molar-refractivity contribution < 1.29 is 14.3 Å². The SMILES string of the molecule is CC(=O)NC1(C(=O)N2CCO[C@@H](c3n[nH]c(C)n3)C2)CCC(C)CC1. The van der Waals surface area contributed by atoms with E-state index in [1.807, 2.05) is 6.92 Å². The first kappa shape index (κ1) is 17.8. The van der Waals surface area contributed by atoms with Crippen LogP contribution in [0.25, 0.3) is 0 Å². The molecule has 2 aliphatic rings. The van der Waals surface area contributed by atoms with Crippen molar-refractivity contribution in [1.82, 2.24) is 25.4 Å². The average Bonchev–Trinajstić information content (AvgIpc) is 3.03. The number of nitrogens with one attached hydrogen (secondary N) is 2. The lowest BCUT2D eigenvalue weighted by Gasteiger charge is -2.43. The zero-order chi connectivity index (χ0) is 18.0. The average molecular weight is 349 g/mol. The lowest BCUT2D eigenvalue weighted by Crippen LogP contribution is -2.62. The molecular weight excluding hydrogens is 322 g/mol. The van der Waals surface area contributed by atoms with Crippen molar-refractivity contribution in [3.8, 4) is 0 Å². The highest BCUT2D eigenvalue weighted by Crippen LogP contribution is 2.34. The van der Waals surface area contributed by atoms with Gasteiger partial charge in [-0.25, -0.2) is 4.98 Å². The topological polar surface area (TPSA) is 100 Å². The van der Waals surface area contributed by atoms with Crippen LogP contribution in [0.2, 0.25) is 0 Å². The Bertz CT molecular complexity index is 636. The highest BCUT2D eigenvalue weighted by atomic mass is 16.5. The van der Waals surface area contributed by atoms with E-state index in [1.54, 1.807) is 4.90 Å². The zero-order valence-corrected chi connectivity index (χ0v) is 15.2. The molecule has 1 aliphatic carbocycles. The van der Waals surface area contributed by atoms with Crippen LogP contribution in [-0.2, 0) is 14.3 Å². The summed E-state index contributed by atoms with van der Waals surface area (Å²) >= 11 is 0. The van der Waals surface area contributed by atoms with E-state index in [1.165, 1.54) is 6.92 Å². The third kappa shape index (κ3) is 3.84. The predicted molar refractivity (Wildman–Crippen MR) is 90.6 cm³/mol. The Balaban J connectivity index is 1.75. The Morgan fingerprint density at radius 1 is 1.36 bits per heavy atom. The van der Waals surface area contributed by atoms with Gasteiger partial charge in [-0.15, -0.1) is 0 Å². The highest BCUT2D eigenvalue weighted by Gasteiger charge is 2.45. The molecule has 0 spiro atoms. The van der Waals surface area contributed by atoms with Gasteiger partial charge in [-0.2, -0.15) is 5.10 Å². The maximum absolute atomic E-state index is 13.3. The summed E-state index contributed by atoms with van der Waals surface area (Å²) < 4.78 is 5.75. The monoisotopic (exact) mass is 349 g/mol. The van der Waals surface area contributed by atoms with Crippen LogP contribution in [0.1, 0.15) is 57.3 Å². The Labute approximate surface area is 147 Å². The van der Waals surface area contributed by atoms with Gasteiger partial charge in [0.15, 0.2) is 5.82 Å². The smallest absolute Gasteiger partial charge is 0.248 e. The second-order valence-electron chi connectivity index (χ2n) is 7.34. The molecule has 138 valence electrons. The molecule has 0 bridgehead atoms. The summed E-state index contributed by atoms with van der Waals surface area (Å²) in [6.07, 6.45) is 2.93. The van der Waals surface area contributed by atoms with E-state index in [2.05, 4.69) is 27.4 Å². The Kier molecular flexibility index (Phi) is 5.08. The second-order valence-corrected chi connectivity index (χ2v) is 7.34. The van der Waals surface area contributed by atoms with E-state index in [4.69, 9.17) is 4.74 Å². The van der Waals surface area contributed by atoms with E-state index in [0.717, 1.165) is 18.7 Å². The van der Waals surface area contributed by atoms with Crippen LogP contribution < -0.4 is 5.32 Å². The number of carbonyl (C=O) groups excluding carboxylic acids is 2. The summed E-state index contributed by atoms with van der Waals surface area (Å²) in [7, 11) is 0. The molecule has 2 fully saturated rings. The Morgan fingerprint density at radius 3 is 2.68 bits per heavy atom. The van der Waals surface area contributed by atoms with Crippen molar-refractivity contribution in [3.63, 3.8) is 0 Å². The van der Waals surface area contributed by atoms with E-state index in [0.29, 0.717) is 44.3 Å². The van der Waals surface area contributed by atoms with Crippen LogP contribution in [0.3, 0.4) is 0 Å². The number of hydrogen-bond acceptors (Lipinski definition) is 5. The minimum Gasteiger partial charge on any atom is -0.366 e. The van der Waals surface area contributed by atoms with Crippen LogP contribution >= 0.6 is 0 Å². The lowest BCUT2D eigenvalue weighted by molar-refractivity contribution is -0.150. The van der Waals surface area contributed by atoms with Gasteiger partial charge in [0, 0.05) is 13.5 Å². The van der Waals surface area contributed by atoms with Crippen molar-refractivity contribution in [2.75, 3.05) is 19.7 Å². The summed E-state index contributed by atoms with van der Waals surface area (Å²) in [5.74, 6) is 1.72. The molecule has 1 aromatic heterocycles. The van der Waals surface area contributed by atoms with Crippen molar-refractivity contribution in [2.45, 2.75) is 58.1 Å². The highest BCUT2D eigenvalue weighted by molar-refractivity contribution is 5.91. The number of aromatic amines is 1. The molecule has 2 N–H and O–H groups in total. The first-order valence-electron chi connectivity index (χ1n) is 8.98. The summed E-state index contributed by atoms with van der Waals surface area (Å²) in [4.78, 5) is 31.2. The van der Waals surface area contributed by atoms with E-state index >= 15 is 0 Å². The van der Waals surface area contributed by atoms with Crippen LogP contribution in [0.15, 0.2) is 0 Å². The molecule has 0 aromatic carbocycles. The molecule has 1 atom stereocenters. The number of morpholine rings is 1. The van der Waals surface area contributed by atoms with Gasteiger partial charge in [0.05, 0.1) is 13.2 Å². The fraction of sp³-hybridized carbons (Fsp3) is 0.765. The maximum Gasteiger partial charge on any atom is 0.248 e. The van der Waals surface area contributed by atoms with Crippen molar-refractivity contribution in [2.24, 2.45) is 5.92 Å². The summed E-state index contributed by atoms with van der Waals surface area (Å²) in [5, 5.41) is 9.93. The largest absolute Gasteiger partial charge is 0.366 e. The van der Waals surface area contributed by atoms with Gasteiger partial charge in [-0.1, -0.05) is 6.92 Å². The number of H-pyrrole nitrogens is 1. The van der Waals surface area contributed by atoms with Crippen molar-refractivity contribution >= 4 is 11.8 Å². The van der Waals surface area contributed by atoms with E-state index in [-0.39, 0.29) is 17.9 Å². The Hall–Kier alpha value is -1.96. The van der Waals surface area contributed by atoms with Gasteiger partial charge in [-0.05, 0) is 38.5 Å². The standard InChI is InChI=1S/C17H27N5O3/c1-11-4-6-17(7-5-11,19-13(3)23)16(24)22-8-9-25-14(10-22)15-18-12(2)20-21-15/h11,14H,4-10H2,1-3H3,(H,19,23)(H,18,20,21)/t11?,14-,17?/m1/s1. The van der Waals surface area contributed by atoms with Crippen molar-refractivity contribution in [3.05, 3.63) is 11.6 Å². The number of rotatable bonds is 3. The fourth-order valence-corrected chi connectivity index (χ4v) is 3.78. The summed E-state index contributed by atoms with van der Waals surface area (Å²) in [6.45, 7) is 6.88. The first-order valence-corrected chi connectivity index (χ1v) is 8.98. The number of ether oxygens (including phenoxy) is 1. The Morgan fingerprint density at radius 2 is 2.08 bits per heavy atom. The number of carbonyl (C=O) groups is 2. The first-order chi connectivity index (χ1) is 11.9. The molecule has 3 rings (SSSR count). The lowest BCUT2D eigenvalue weighted by atomic mass is 9.76. The zero-order valence-electron chi connectivity index (χ0n) is 15.2. The molecule has 0 radical (unpaired) electrons. The van der Waals surface area contributed by atoms with Gasteiger partial charge in [0.25, 0.3) is 0 Å². The maximum atomic E-state index is 13.3. The fourth-order valence-electron chi connectivity index (χ4n) is 3.78. The summed E-state index contributed by atoms with van der Waals surface area (Å²) in [5.41, 5.74) is -0.783. The number of aromatic nitrogens is 3. The second kappa shape index (κ2) is 7.11. The van der Waals surface area contributed by atoms with Gasteiger partial charge in [0.2, 0.25) is 11.8 Å². The number of amides is 2. The molecule has 0 unspecified atom stereocenters. The molecule has 1 saturated carbocycles. The molecular formula is C17H27N5O3. The quantitative estimate of drug-likeness (QED) is 0.851. The third-order valence-electron chi connectivity index (χ3n) is 5.21. The molecule has 25 heavy (non-hydrogen) atoms. The van der Waals surface area contributed by atoms with Crippen LogP contribution in [0, 0.1) is 12.8 Å². The number of aryl methyl sites for hydroxylation is 1. The minimum absolute atomic E-state index is 0.00448. The molecule has 2 heterocycles. The van der Waals surface area contributed by atoms with Crippen LogP contribution in [0.5, 0.6) is 0 Å². The summed E-state index contributed by atoms with van der Waals surface area (Å²) in [6, 6.07) is 0. The van der Waals surface area contributed by atoms with Gasteiger partial charge < -0.3 is 15.0 Å². The van der Waals surface area contributed by atoms with Gasteiger partial charge in [0.1, 0.15) is 17.5 Å². The van der Waals surface area contributed by atoms with Gasteiger partial charge in [-0.3, -0.25) is 14.7 Å². The molecule has 2 amide bonds. The molecule has 1 saturated heterocycles. The third-order valence-corrected chi connectivity index (χ3v) is 5.21. The molecule has 8 heteroatoms. The van der Waals surface area contributed by atoms with Gasteiger partial charge >= 0.3 is 0 Å². The van der Waals surface area contributed by atoms with Crippen LogP contribution in [0.4, 0.5) is 0 Å². The minimum atomic E-state index is -0.783. The van der Waals surface area contributed by atoms with Crippen LogP contribution in [-0.4, -0.2) is 57.1 Å². The molecule has 1 aliphatic heterocycles. The van der Waals surface area contributed by atoms with Crippen molar-refractivity contribution in [1.29, 1.82) is 0 Å². The number of hydrogen-bond donors (Lipinski definition) is 2. The predicted octanol–water partition coefficient (Wildman–Crippen LogP) is 1.10. The number of nitrogens with zero attached hydrogens (tertiary/aromatic N) is 3.